The van der Waals surface area contributed by atoms with Gasteiger partial charge in [-0.2, -0.15) is 0 Å². The summed E-state index contributed by atoms with van der Waals surface area (Å²) in [7, 11) is -1.14. The van der Waals surface area contributed by atoms with Crippen LogP contribution in [0.15, 0.2) is 55.1 Å². The van der Waals surface area contributed by atoms with Gasteiger partial charge in [0.05, 0.1) is 12.1 Å². The molecule has 0 aliphatic rings. The van der Waals surface area contributed by atoms with Crippen molar-refractivity contribution in [3.8, 4) is 17.4 Å². The molecule has 4 aromatic rings. The molecule has 0 saturated heterocycles. The van der Waals surface area contributed by atoms with Gasteiger partial charge in [-0.15, -0.1) is 10.2 Å². The number of pyridine rings is 2. The maximum absolute atomic E-state index is 13.4. The highest BCUT2D eigenvalue weighted by molar-refractivity contribution is 7.93. The molecule has 0 amide bonds. The number of nitrogens with one attached hydrogen (secondary N) is 1. The van der Waals surface area contributed by atoms with E-state index in [1.807, 2.05) is 12.1 Å². The fourth-order valence-electron chi connectivity index (χ4n) is 3.58. The van der Waals surface area contributed by atoms with Crippen molar-refractivity contribution in [2.75, 3.05) is 18.9 Å². The largest absolute Gasteiger partial charge is 0.481 e. The van der Waals surface area contributed by atoms with Crippen LogP contribution in [0.1, 0.15) is 24.4 Å². The summed E-state index contributed by atoms with van der Waals surface area (Å²) in [6.07, 6.45) is 5.78. The molecule has 12 nitrogen and oxygen atoms in total. The van der Waals surface area contributed by atoms with Crippen molar-refractivity contribution in [2.45, 2.75) is 31.2 Å². The van der Waals surface area contributed by atoms with E-state index in [9.17, 15) is 8.42 Å². The lowest BCUT2D eigenvalue weighted by Crippen LogP contribution is -2.33. The van der Waals surface area contributed by atoms with E-state index in [0.717, 1.165) is 5.56 Å². The van der Waals surface area contributed by atoms with Crippen molar-refractivity contribution in [3.63, 3.8) is 0 Å². The van der Waals surface area contributed by atoms with Gasteiger partial charge in [-0.05, 0) is 31.0 Å². The van der Waals surface area contributed by atoms with Crippen molar-refractivity contribution in [2.24, 2.45) is 0 Å². The Labute approximate surface area is 219 Å². The summed E-state index contributed by atoms with van der Waals surface area (Å²) in [4.78, 5) is 16.8. The van der Waals surface area contributed by atoms with Crippen molar-refractivity contribution in [1.82, 2.24) is 34.7 Å². The molecule has 37 heavy (non-hydrogen) atoms. The monoisotopic (exact) mass is 544 g/mol. The molecule has 1 N–H and O–H groups in total. The Hall–Kier alpha value is -3.68. The van der Waals surface area contributed by atoms with Crippen molar-refractivity contribution in [3.05, 3.63) is 71.5 Å². The van der Waals surface area contributed by atoms with Crippen LogP contribution in [-0.4, -0.2) is 62.6 Å². The number of ether oxygens (including phenoxy) is 2. The number of hydrogen-bond donors (Lipinski definition) is 1. The fourth-order valence-corrected chi connectivity index (χ4v) is 4.83. The summed E-state index contributed by atoms with van der Waals surface area (Å²) in [5.41, 5.74) is 1.43. The number of hydrogen-bond acceptors (Lipinski definition) is 10. The number of nitrogens with zero attached hydrogens (tertiary/aromatic N) is 7. The quantitative estimate of drug-likeness (QED) is 0.299. The summed E-state index contributed by atoms with van der Waals surface area (Å²) < 4.78 is 41.7. The molecule has 0 aliphatic carbocycles. The SMILES string of the molecule is COc1cccc(-c2nnc(NS(=O)(=O)C(C)C(OC)c3ncc(Cl)cn3)n2CCc2cccnc2)n1. The van der Waals surface area contributed by atoms with E-state index < -0.39 is 21.4 Å². The molecular formula is C23H25ClN8O4S. The summed E-state index contributed by atoms with van der Waals surface area (Å²) in [6.45, 7) is 1.85. The van der Waals surface area contributed by atoms with Gasteiger partial charge in [-0.3, -0.25) is 14.3 Å². The highest BCUT2D eigenvalue weighted by Crippen LogP contribution is 2.27. The van der Waals surface area contributed by atoms with Gasteiger partial charge < -0.3 is 9.47 Å². The Morgan fingerprint density at radius 2 is 1.86 bits per heavy atom. The van der Waals surface area contributed by atoms with Crippen LogP contribution in [0.25, 0.3) is 11.5 Å². The molecule has 4 aromatic heterocycles. The van der Waals surface area contributed by atoms with Gasteiger partial charge in [0.15, 0.2) is 11.6 Å². The topological polar surface area (TPSA) is 147 Å². The second-order valence-electron chi connectivity index (χ2n) is 7.94. The number of aromatic nitrogens is 7. The maximum atomic E-state index is 13.4. The van der Waals surface area contributed by atoms with Crippen LogP contribution in [0, 0.1) is 0 Å². The number of methoxy groups -OCH3 is 2. The molecule has 0 saturated carbocycles. The van der Waals surface area contributed by atoms with Crippen molar-refractivity contribution < 1.29 is 17.9 Å². The van der Waals surface area contributed by atoms with Crippen molar-refractivity contribution >= 4 is 27.6 Å². The summed E-state index contributed by atoms with van der Waals surface area (Å²) in [6, 6.07) is 8.98. The average Bonchev–Trinajstić information content (AvgIpc) is 3.31. The number of sulfonamides is 1. The number of anilines is 1. The predicted octanol–water partition coefficient (Wildman–Crippen LogP) is 2.95. The molecule has 4 heterocycles. The zero-order chi connectivity index (χ0) is 26.4. The molecule has 0 bridgehead atoms. The minimum Gasteiger partial charge on any atom is -0.481 e. The van der Waals surface area contributed by atoms with E-state index in [1.165, 1.54) is 33.5 Å². The smallest absolute Gasteiger partial charge is 0.240 e. The molecule has 2 unspecified atom stereocenters. The highest BCUT2D eigenvalue weighted by Gasteiger charge is 2.34. The highest BCUT2D eigenvalue weighted by atomic mass is 35.5. The molecule has 0 fully saturated rings. The molecule has 2 atom stereocenters. The second kappa shape index (κ2) is 11.6. The molecule has 0 aromatic carbocycles. The van der Waals surface area contributed by atoms with E-state index in [1.54, 1.807) is 35.2 Å². The molecule has 0 aliphatic heterocycles. The zero-order valence-electron chi connectivity index (χ0n) is 20.3. The Bertz CT molecular complexity index is 1430. The van der Waals surface area contributed by atoms with Gasteiger partial charge in [0.2, 0.25) is 21.9 Å². The first-order chi connectivity index (χ1) is 17.8. The lowest BCUT2D eigenvalue weighted by atomic mass is 10.2. The standard InChI is InChI=1S/C23H25ClN8O4S/c1-15(20(36-3)21-26-13-17(24)14-27-21)37(33,34)31-23-30-29-22(18-7-4-8-19(28-18)35-2)32(23)11-9-16-6-5-10-25-12-16/h4-8,10,12-15,20H,9,11H2,1-3H3,(H,30,31). The summed E-state index contributed by atoms with van der Waals surface area (Å²) in [5.74, 6) is 0.977. The first-order valence-corrected chi connectivity index (χ1v) is 13.1. The Kier molecular flexibility index (Phi) is 8.26. The van der Waals surface area contributed by atoms with Gasteiger partial charge in [0.1, 0.15) is 17.0 Å². The van der Waals surface area contributed by atoms with E-state index in [0.29, 0.717) is 35.4 Å². The minimum absolute atomic E-state index is 0.0298. The van der Waals surface area contributed by atoms with Gasteiger partial charge in [0, 0.05) is 44.5 Å². The van der Waals surface area contributed by atoms with Crippen LogP contribution in [0.2, 0.25) is 5.02 Å². The van der Waals surface area contributed by atoms with Gasteiger partial charge in [0.25, 0.3) is 0 Å². The average molecular weight is 545 g/mol. The molecular weight excluding hydrogens is 520 g/mol. The van der Waals surface area contributed by atoms with Crippen molar-refractivity contribution in [1.29, 1.82) is 0 Å². The van der Waals surface area contributed by atoms with Crippen LogP contribution >= 0.6 is 11.6 Å². The third-order valence-corrected chi connectivity index (χ3v) is 7.45. The molecule has 14 heteroatoms. The maximum Gasteiger partial charge on any atom is 0.240 e. The number of rotatable bonds is 11. The lowest BCUT2D eigenvalue weighted by molar-refractivity contribution is 0.0950. The van der Waals surface area contributed by atoms with E-state index in [2.05, 4.69) is 34.9 Å². The Morgan fingerprint density at radius 1 is 1.08 bits per heavy atom. The number of aryl methyl sites for hydroxylation is 1. The fraction of sp³-hybridized carbons (Fsp3) is 0.304. The first kappa shape index (κ1) is 26.4. The summed E-state index contributed by atoms with van der Waals surface area (Å²) >= 11 is 5.87. The van der Waals surface area contributed by atoms with Gasteiger partial charge >= 0.3 is 0 Å². The van der Waals surface area contributed by atoms with Crippen LogP contribution in [0.4, 0.5) is 5.95 Å². The third-order valence-electron chi connectivity index (χ3n) is 5.56. The molecule has 194 valence electrons. The van der Waals surface area contributed by atoms with Gasteiger partial charge in [-0.25, -0.2) is 23.4 Å². The third kappa shape index (κ3) is 6.18. The predicted molar refractivity (Wildman–Crippen MR) is 137 cm³/mol. The second-order valence-corrected chi connectivity index (χ2v) is 10.4. The summed E-state index contributed by atoms with van der Waals surface area (Å²) in [5, 5.41) is 7.61. The molecule has 0 spiro atoms. The Balaban J connectivity index is 1.66. The molecule has 4 rings (SSSR count). The zero-order valence-corrected chi connectivity index (χ0v) is 21.9. The number of halogens is 1. The van der Waals surface area contributed by atoms with Crippen LogP contribution in [0.3, 0.4) is 0 Å². The van der Waals surface area contributed by atoms with Crippen LogP contribution < -0.4 is 9.46 Å². The van der Waals surface area contributed by atoms with E-state index in [-0.39, 0.29) is 11.8 Å². The minimum atomic E-state index is -4.04. The normalized spacial score (nSPS) is 13.2. The first-order valence-electron chi connectivity index (χ1n) is 11.2. The van der Waals surface area contributed by atoms with E-state index >= 15 is 0 Å². The van der Waals surface area contributed by atoms with Crippen LogP contribution in [0.5, 0.6) is 5.88 Å². The lowest BCUT2D eigenvalue weighted by Gasteiger charge is -2.22. The Morgan fingerprint density at radius 3 is 2.54 bits per heavy atom. The van der Waals surface area contributed by atoms with E-state index in [4.69, 9.17) is 21.1 Å². The van der Waals surface area contributed by atoms with Crippen LogP contribution in [-0.2, 0) is 27.7 Å². The van der Waals surface area contributed by atoms with Gasteiger partial charge in [-0.1, -0.05) is 23.7 Å². The molecule has 0 radical (unpaired) electrons.